The number of para-hydroxylation sites is 3. The van der Waals surface area contributed by atoms with Gasteiger partial charge in [0.2, 0.25) is 5.91 Å². The van der Waals surface area contributed by atoms with Gasteiger partial charge in [0.05, 0.1) is 29.2 Å². The van der Waals surface area contributed by atoms with E-state index in [9.17, 15) is 9.59 Å². The molecular formula is C25H32N4O2. The van der Waals surface area contributed by atoms with Crippen molar-refractivity contribution in [1.29, 1.82) is 0 Å². The number of amides is 2. The van der Waals surface area contributed by atoms with Crippen molar-refractivity contribution in [3.05, 3.63) is 54.1 Å². The Morgan fingerprint density at radius 1 is 1.06 bits per heavy atom. The lowest BCUT2D eigenvalue weighted by Gasteiger charge is -2.36. The van der Waals surface area contributed by atoms with Gasteiger partial charge in [-0.2, -0.15) is 0 Å². The van der Waals surface area contributed by atoms with Gasteiger partial charge in [0, 0.05) is 13.1 Å². The van der Waals surface area contributed by atoms with Gasteiger partial charge in [0.1, 0.15) is 0 Å². The molecule has 0 radical (unpaired) electrons. The number of hydrogen-bond acceptors (Lipinski definition) is 4. The third-order valence-corrected chi connectivity index (χ3v) is 6.40. The van der Waals surface area contributed by atoms with Crippen molar-refractivity contribution in [3.63, 3.8) is 0 Å². The van der Waals surface area contributed by atoms with E-state index >= 15 is 0 Å². The summed E-state index contributed by atoms with van der Waals surface area (Å²) >= 11 is 0. The fourth-order valence-electron chi connectivity index (χ4n) is 4.78. The molecular weight excluding hydrogens is 388 g/mol. The standard InChI is InChI=1S/C25H32N4O2/c1-3-27(4-2)16-19-10-9-15-28(17-19)18-24(30)29-22-13-7-5-11-20(22)25(31)26-21-12-6-8-14-23(21)29/h5-8,11-14,19H,3-4,9-10,15-18H2,1-2H3,(H,26,31). The number of nitrogens with one attached hydrogen (secondary N) is 1. The molecule has 2 aromatic carbocycles. The highest BCUT2D eigenvalue weighted by molar-refractivity contribution is 6.17. The first kappa shape index (κ1) is 21.5. The van der Waals surface area contributed by atoms with E-state index in [1.807, 2.05) is 42.5 Å². The van der Waals surface area contributed by atoms with Crippen LogP contribution in [-0.2, 0) is 4.79 Å². The maximum absolute atomic E-state index is 13.6. The number of carbonyl (C=O) groups excluding carboxylic acids is 2. The Hall–Kier alpha value is -2.70. The highest BCUT2D eigenvalue weighted by Crippen LogP contribution is 2.37. The predicted molar refractivity (Wildman–Crippen MR) is 125 cm³/mol. The van der Waals surface area contributed by atoms with Crippen LogP contribution in [0.2, 0.25) is 0 Å². The monoisotopic (exact) mass is 420 g/mol. The summed E-state index contributed by atoms with van der Waals surface area (Å²) in [6, 6.07) is 14.9. The van der Waals surface area contributed by atoms with Gasteiger partial charge in [0.25, 0.3) is 5.91 Å². The summed E-state index contributed by atoms with van der Waals surface area (Å²) in [5, 5.41) is 2.96. The Morgan fingerprint density at radius 2 is 1.77 bits per heavy atom. The molecule has 2 heterocycles. The largest absolute Gasteiger partial charge is 0.320 e. The van der Waals surface area contributed by atoms with Crippen LogP contribution in [0.4, 0.5) is 17.1 Å². The molecule has 0 bridgehead atoms. The lowest BCUT2D eigenvalue weighted by atomic mass is 9.97. The summed E-state index contributed by atoms with van der Waals surface area (Å²) < 4.78 is 0. The minimum Gasteiger partial charge on any atom is -0.320 e. The van der Waals surface area contributed by atoms with E-state index in [4.69, 9.17) is 0 Å². The highest BCUT2D eigenvalue weighted by atomic mass is 16.2. The second-order valence-electron chi connectivity index (χ2n) is 8.45. The van der Waals surface area contributed by atoms with Crippen molar-refractivity contribution in [2.45, 2.75) is 26.7 Å². The molecule has 164 valence electrons. The summed E-state index contributed by atoms with van der Waals surface area (Å²) in [6.45, 7) is 9.86. The molecule has 2 amide bonds. The van der Waals surface area contributed by atoms with E-state index in [2.05, 4.69) is 29.0 Å². The Balaban J connectivity index is 1.57. The molecule has 0 spiro atoms. The molecule has 0 aromatic heterocycles. The fourth-order valence-corrected chi connectivity index (χ4v) is 4.78. The summed E-state index contributed by atoms with van der Waals surface area (Å²) in [7, 11) is 0. The third kappa shape index (κ3) is 4.65. The van der Waals surface area contributed by atoms with Crippen molar-refractivity contribution >= 4 is 28.9 Å². The Bertz CT molecular complexity index is 941. The number of rotatable bonds is 6. The molecule has 0 saturated carbocycles. The Labute approximate surface area is 184 Å². The minimum absolute atomic E-state index is 0.000103. The number of nitrogens with zero attached hydrogens (tertiary/aromatic N) is 3. The second kappa shape index (κ2) is 9.62. The zero-order chi connectivity index (χ0) is 21.8. The number of piperidine rings is 1. The van der Waals surface area contributed by atoms with Crippen molar-refractivity contribution in [2.75, 3.05) is 49.5 Å². The van der Waals surface area contributed by atoms with Crippen molar-refractivity contribution in [2.24, 2.45) is 5.92 Å². The molecule has 2 aromatic rings. The Kier molecular flexibility index (Phi) is 6.68. The number of carbonyl (C=O) groups is 2. The summed E-state index contributed by atoms with van der Waals surface area (Å²) in [6.07, 6.45) is 2.33. The molecule has 0 aliphatic carbocycles. The molecule has 1 N–H and O–H groups in total. The van der Waals surface area contributed by atoms with E-state index in [-0.39, 0.29) is 11.8 Å². The van der Waals surface area contributed by atoms with Crippen LogP contribution < -0.4 is 10.2 Å². The smallest absolute Gasteiger partial charge is 0.257 e. The number of likely N-dealkylation sites (tertiary alicyclic amines) is 1. The van der Waals surface area contributed by atoms with Gasteiger partial charge >= 0.3 is 0 Å². The van der Waals surface area contributed by atoms with Gasteiger partial charge in [0.15, 0.2) is 0 Å². The molecule has 6 heteroatoms. The molecule has 1 saturated heterocycles. The van der Waals surface area contributed by atoms with Crippen LogP contribution in [0.1, 0.15) is 37.0 Å². The van der Waals surface area contributed by atoms with Crippen LogP contribution in [0, 0.1) is 5.92 Å². The molecule has 31 heavy (non-hydrogen) atoms. The molecule has 1 fully saturated rings. The lowest BCUT2D eigenvalue weighted by Crippen LogP contribution is -2.45. The topological polar surface area (TPSA) is 55.9 Å². The average Bonchev–Trinajstić information content (AvgIpc) is 2.91. The zero-order valence-electron chi connectivity index (χ0n) is 18.5. The third-order valence-electron chi connectivity index (χ3n) is 6.40. The fraction of sp³-hybridized carbons (Fsp3) is 0.440. The number of hydrogen-bond donors (Lipinski definition) is 1. The van der Waals surface area contributed by atoms with Crippen LogP contribution in [0.15, 0.2) is 48.5 Å². The number of benzene rings is 2. The van der Waals surface area contributed by atoms with Crippen LogP contribution in [0.25, 0.3) is 0 Å². The maximum Gasteiger partial charge on any atom is 0.257 e. The molecule has 1 atom stereocenters. The molecule has 6 nitrogen and oxygen atoms in total. The van der Waals surface area contributed by atoms with Gasteiger partial charge < -0.3 is 10.2 Å². The van der Waals surface area contributed by atoms with E-state index in [1.54, 1.807) is 11.0 Å². The van der Waals surface area contributed by atoms with Crippen molar-refractivity contribution in [3.8, 4) is 0 Å². The van der Waals surface area contributed by atoms with Crippen molar-refractivity contribution in [1.82, 2.24) is 9.80 Å². The van der Waals surface area contributed by atoms with Gasteiger partial charge in [-0.1, -0.05) is 38.1 Å². The number of anilines is 3. The molecule has 1 unspecified atom stereocenters. The molecule has 4 rings (SSSR count). The second-order valence-corrected chi connectivity index (χ2v) is 8.45. The first-order chi connectivity index (χ1) is 15.1. The first-order valence-electron chi connectivity index (χ1n) is 11.4. The first-order valence-corrected chi connectivity index (χ1v) is 11.4. The zero-order valence-corrected chi connectivity index (χ0v) is 18.5. The van der Waals surface area contributed by atoms with Gasteiger partial charge in [-0.25, -0.2) is 0 Å². The van der Waals surface area contributed by atoms with E-state index < -0.39 is 0 Å². The molecule has 2 aliphatic rings. The summed E-state index contributed by atoms with van der Waals surface area (Å²) in [5.74, 6) is 0.406. The summed E-state index contributed by atoms with van der Waals surface area (Å²) in [4.78, 5) is 32.9. The van der Waals surface area contributed by atoms with Crippen LogP contribution in [0.5, 0.6) is 0 Å². The number of fused-ring (bicyclic) bond motifs is 2. The SMILES string of the molecule is CCN(CC)CC1CCCN(CC(=O)N2c3ccccc3NC(=O)c3ccccc32)C1. The molecule has 2 aliphatic heterocycles. The van der Waals surface area contributed by atoms with Gasteiger partial charge in [-0.05, 0) is 62.7 Å². The van der Waals surface area contributed by atoms with Gasteiger partial charge in [-0.3, -0.25) is 19.4 Å². The van der Waals surface area contributed by atoms with E-state index in [0.717, 1.165) is 44.8 Å². The van der Waals surface area contributed by atoms with Gasteiger partial charge in [-0.15, -0.1) is 0 Å². The summed E-state index contributed by atoms with van der Waals surface area (Å²) in [5.41, 5.74) is 2.55. The van der Waals surface area contributed by atoms with Crippen LogP contribution >= 0.6 is 0 Å². The Morgan fingerprint density at radius 3 is 2.55 bits per heavy atom. The minimum atomic E-state index is -0.185. The maximum atomic E-state index is 13.6. The quantitative estimate of drug-likeness (QED) is 0.768. The van der Waals surface area contributed by atoms with Crippen LogP contribution in [-0.4, -0.2) is 60.9 Å². The highest BCUT2D eigenvalue weighted by Gasteiger charge is 2.31. The normalized spacial score (nSPS) is 18.9. The van der Waals surface area contributed by atoms with Crippen molar-refractivity contribution < 1.29 is 9.59 Å². The predicted octanol–water partition coefficient (Wildman–Crippen LogP) is 3.97. The average molecular weight is 421 g/mol. The lowest BCUT2D eigenvalue weighted by molar-refractivity contribution is -0.119. The van der Waals surface area contributed by atoms with Crippen LogP contribution in [0.3, 0.4) is 0 Å². The van der Waals surface area contributed by atoms with E-state index in [1.165, 1.54) is 6.42 Å². The van der Waals surface area contributed by atoms with E-state index in [0.29, 0.717) is 29.4 Å².